The van der Waals surface area contributed by atoms with E-state index in [-0.39, 0.29) is 12.2 Å². The Morgan fingerprint density at radius 1 is 1.41 bits per heavy atom. The quantitative estimate of drug-likeness (QED) is 0.818. The molecular formula is C14H15NO2. The summed E-state index contributed by atoms with van der Waals surface area (Å²) in [6, 6.07) is 7.66. The number of aliphatic hydroxyl groups is 1. The number of hydrogen-bond acceptors (Lipinski definition) is 2. The van der Waals surface area contributed by atoms with E-state index in [2.05, 4.69) is 6.58 Å². The van der Waals surface area contributed by atoms with Crippen molar-refractivity contribution in [3.05, 3.63) is 58.4 Å². The second-order valence-corrected chi connectivity index (χ2v) is 4.09. The number of aliphatic hydroxyl groups excluding tert-OH is 1. The first-order chi connectivity index (χ1) is 8.17. The van der Waals surface area contributed by atoms with E-state index in [1.165, 1.54) is 0 Å². The Labute approximate surface area is 99.6 Å². The number of aromatic nitrogens is 1. The molecule has 0 unspecified atom stereocenters. The Morgan fingerprint density at radius 2 is 2.18 bits per heavy atom. The number of hydrogen-bond donors (Lipinski definition) is 1. The lowest BCUT2D eigenvalue weighted by atomic mass is 10.1. The van der Waals surface area contributed by atoms with E-state index in [1.54, 1.807) is 16.7 Å². The highest BCUT2D eigenvalue weighted by molar-refractivity contribution is 5.80. The van der Waals surface area contributed by atoms with Crippen LogP contribution in [0.1, 0.15) is 11.1 Å². The van der Waals surface area contributed by atoms with Crippen LogP contribution in [0, 0.1) is 6.92 Å². The van der Waals surface area contributed by atoms with Gasteiger partial charge in [0.2, 0.25) is 0 Å². The summed E-state index contributed by atoms with van der Waals surface area (Å²) < 4.78 is 1.63. The topological polar surface area (TPSA) is 42.2 Å². The number of allylic oxidation sites excluding steroid dienone is 1. The van der Waals surface area contributed by atoms with Gasteiger partial charge in [0.05, 0.1) is 12.1 Å². The van der Waals surface area contributed by atoms with Crippen molar-refractivity contribution >= 4 is 10.9 Å². The minimum atomic E-state index is -0.236. The minimum absolute atomic E-state index is 0.149. The summed E-state index contributed by atoms with van der Waals surface area (Å²) in [5.74, 6) is 0. The van der Waals surface area contributed by atoms with Crippen LogP contribution in [0.4, 0.5) is 0 Å². The third-order valence-electron chi connectivity index (χ3n) is 2.81. The summed E-state index contributed by atoms with van der Waals surface area (Å²) in [7, 11) is 0. The highest BCUT2D eigenvalue weighted by Gasteiger charge is 2.07. The highest BCUT2D eigenvalue weighted by atomic mass is 16.3. The van der Waals surface area contributed by atoms with Gasteiger partial charge in [-0.25, -0.2) is 0 Å². The van der Waals surface area contributed by atoms with Crippen LogP contribution in [0.25, 0.3) is 10.9 Å². The molecule has 0 saturated carbocycles. The largest absolute Gasteiger partial charge is 0.391 e. The normalized spacial score (nSPS) is 10.7. The maximum absolute atomic E-state index is 12.0. The van der Waals surface area contributed by atoms with Crippen LogP contribution in [-0.2, 0) is 13.2 Å². The first-order valence-electron chi connectivity index (χ1n) is 5.52. The van der Waals surface area contributed by atoms with Crippen LogP contribution in [0.2, 0.25) is 0 Å². The van der Waals surface area contributed by atoms with Gasteiger partial charge in [-0.2, -0.15) is 0 Å². The van der Waals surface area contributed by atoms with Crippen molar-refractivity contribution in [1.29, 1.82) is 0 Å². The van der Waals surface area contributed by atoms with Crippen molar-refractivity contribution in [3.8, 4) is 0 Å². The average molecular weight is 229 g/mol. The van der Waals surface area contributed by atoms with Crippen LogP contribution in [0.5, 0.6) is 0 Å². The molecule has 17 heavy (non-hydrogen) atoms. The fourth-order valence-corrected chi connectivity index (χ4v) is 1.99. The van der Waals surface area contributed by atoms with Crippen LogP contribution < -0.4 is 5.56 Å². The molecule has 0 fully saturated rings. The van der Waals surface area contributed by atoms with Gasteiger partial charge < -0.3 is 9.67 Å². The second kappa shape index (κ2) is 4.55. The molecule has 1 aromatic carbocycles. The zero-order valence-corrected chi connectivity index (χ0v) is 9.81. The molecular weight excluding hydrogens is 214 g/mol. The lowest BCUT2D eigenvalue weighted by Gasteiger charge is -2.10. The summed E-state index contributed by atoms with van der Waals surface area (Å²) in [4.78, 5) is 12.0. The summed E-state index contributed by atoms with van der Waals surface area (Å²) >= 11 is 0. The number of fused-ring (bicyclic) bond motifs is 1. The molecule has 2 aromatic rings. The van der Waals surface area contributed by atoms with E-state index in [1.807, 2.05) is 25.1 Å². The van der Waals surface area contributed by atoms with Crippen LogP contribution >= 0.6 is 0 Å². The van der Waals surface area contributed by atoms with E-state index >= 15 is 0 Å². The molecule has 0 atom stereocenters. The van der Waals surface area contributed by atoms with Crippen LogP contribution in [0.3, 0.4) is 0 Å². The van der Waals surface area contributed by atoms with Gasteiger partial charge in [0.15, 0.2) is 0 Å². The molecule has 1 heterocycles. The molecule has 3 nitrogen and oxygen atoms in total. The predicted octanol–water partition coefficient (Wildman–Crippen LogP) is 1.99. The van der Waals surface area contributed by atoms with Crippen molar-refractivity contribution in [2.24, 2.45) is 0 Å². The molecule has 0 bridgehead atoms. The molecule has 2 rings (SSSR count). The number of aryl methyl sites for hydroxylation is 1. The molecule has 1 aromatic heterocycles. The first kappa shape index (κ1) is 11.6. The van der Waals surface area contributed by atoms with E-state index in [0.29, 0.717) is 12.1 Å². The summed E-state index contributed by atoms with van der Waals surface area (Å²) in [5, 5.41) is 10.2. The maximum atomic E-state index is 12.0. The maximum Gasteiger partial charge on any atom is 0.256 e. The molecule has 0 radical (unpaired) electrons. The Kier molecular flexibility index (Phi) is 3.11. The van der Waals surface area contributed by atoms with Crippen LogP contribution in [0.15, 0.2) is 41.7 Å². The minimum Gasteiger partial charge on any atom is -0.391 e. The predicted molar refractivity (Wildman–Crippen MR) is 69.1 cm³/mol. The number of nitrogens with zero attached hydrogens (tertiary/aromatic N) is 1. The van der Waals surface area contributed by atoms with Crippen molar-refractivity contribution in [2.75, 3.05) is 0 Å². The molecule has 1 N–H and O–H groups in total. The van der Waals surface area contributed by atoms with E-state index in [4.69, 9.17) is 0 Å². The Balaban J connectivity index is 2.86. The standard InChI is InChI=1S/C14H15NO2/c1-3-6-15-13-5-4-10(2)7-11(13)8-12(9-16)14(15)17/h3-5,7-8,16H,1,6,9H2,2H3. The van der Waals surface area contributed by atoms with E-state index < -0.39 is 0 Å². The molecule has 0 amide bonds. The number of rotatable bonds is 3. The van der Waals surface area contributed by atoms with Crippen molar-refractivity contribution in [2.45, 2.75) is 20.1 Å². The van der Waals surface area contributed by atoms with Gasteiger partial charge in [-0.15, -0.1) is 6.58 Å². The Morgan fingerprint density at radius 3 is 2.82 bits per heavy atom. The smallest absolute Gasteiger partial charge is 0.256 e. The molecule has 88 valence electrons. The highest BCUT2D eigenvalue weighted by Crippen LogP contribution is 2.15. The van der Waals surface area contributed by atoms with Gasteiger partial charge in [0.1, 0.15) is 0 Å². The number of pyridine rings is 1. The second-order valence-electron chi connectivity index (χ2n) is 4.09. The van der Waals surface area contributed by atoms with Crippen molar-refractivity contribution < 1.29 is 5.11 Å². The third-order valence-corrected chi connectivity index (χ3v) is 2.81. The zero-order valence-electron chi connectivity index (χ0n) is 9.81. The SMILES string of the molecule is C=CCn1c(=O)c(CO)cc2cc(C)ccc21. The van der Waals surface area contributed by atoms with Crippen molar-refractivity contribution in [1.82, 2.24) is 4.57 Å². The molecule has 0 spiro atoms. The molecule has 0 saturated heterocycles. The lowest BCUT2D eigenvalue weighted by Crippen LogP contribution is -2.23. The molecule has 0 aliphatic rings. The van der Waals surface area contributed by atoms with Gasteiger partial charge in [-0.1, -0.05) is 17.7 Å². The summed E-state index contributed by atoms with van der Waals surface area (Å²) in [5.41, 5.74) is 2.27. The molecule has 3 heteroatoms. The lowest BCUT2D eigenvalue weighted by molar-refractivity contribution is 0.279. The van der Waals surface area contributed by atoms with Gasteiger partial charge in [-0.05, 0) is 30.5 Å². The Hall–Kier alpha value is -1.87. The van der Waals surface area contributed by atoms with Crippen molar-refractivity contribution in [3.63, 3.8) is 0 Å². The number of benzene rings is 1. The molecule has 0 aliphatic carbocycles. The third kappa shape index (κ3) is 2.01. The van der Waals surface area contributed by atoms with E-state index in [9.17, 15) is 9.90 Å². The summed E-state index contributed by atoms with van der Waals surface area (Å²) in [6.07, 6.45) is 1.68. The first-order valence-corrected chi connectivity index (χ1v) is 5.52. The van der Waals surface area contributed by atoms with Gasteiger partial charge in [0, 0.05) is 12.1 Å². The van der Waals surface area contributed by atoms with Crippen LogP contribution in [-0.4, -0.2) is 9.67 Å². The summed E-state index contributed by atoms with van der Waals surface area (Å²) in [6.45, 7) is 5.87. The Bertz CT molecular complexity index is 626. The van der Waals surface area contributed by atoms with Gasteiger partial charge >= 0.3 is 0 Å². The monoisotopic (exact) mass is 229 g/mol. The average Bonchev–Trinajstić information content (AvgIpc) is 2.32. The van der Waals surface area contributed by atoms with Gasteiger partial charge in [0.25, 0.3) is 5.56 Å². The van der Waals surface area contributed by atoms with E-state index in [0.717, 1.165) is 16.5 Å². The fraction of sp³-hybridized carbons (Fsp3) is 0.214. The fourth-order valence-electron chi connectivity index (χ4n) is 1.99. The van der Waals surface area contributed by atoms with Gasteiger partial charge in [-0.3, -0.25) is 4.79 Å². The zero-order chi connectivity index (χ0) is 12.4. The molecule has 0 aliphatic heterocycles.